The first-order valence-corrected chi connectivity index (χ1v) is 18.8. The average Bonchev–Trinajstić information content (AvgIpc) is 3.52. The van der Waals surface area contributed by atoms with E-state index >= 15 is 0 Å². The van der Waals surface area contributed by atoms with Crippen LogP contribution in [0.15, 0.2) is 200 Å². The van der Waals surface area contributed by atoms with Gasteiger partial charge < -0.3 is 0 Å². The SMILES string of the molecule is c1ccc(-c2nc(-c3ccc(-c4cccnc4)cc3)cc(-c3ccc4c(c3)C3(c5ccccc5-c5ccccc5-4)c4ccccc4-c4ccccc43)n2)cc1. The molecular formula is C52H33N3. The highest BCUT2D eigenvalue weighted by molar-refractivity contribution is 5.98. The van der Waals surface area contributed by atoms with Crippen LogP contribution in [0.4, 0.5) is 0 Å². The molecule has 3 heteroatoms. The van der Waals surface area contributed by atoms with E-state index in [0.29, 0.717) is 5.82 Å². The lowest BCUT2D eigenvalue weighted by atomic mass is 9.65. The zero-order chi connectivity index (χ0) is 36.3. The van der Waals surface area contributed by atoms with Gasteiger partial charge in [-0.3, -0.25) is 4.98 Å². The Balaban J connectivity index is 1.18. The summed E-state index contributed by atoms with van der Waals surface area (Å²) >= 11 is 0. The maximum absolute atomic E-state index is 5.31. The molecule has 9 aromatic rings. The van der Waals surface area contributed by atoms with Gasteiger partial charge in [0.1, 0.15) is 0 Å². The van der Waals surface area contributed by atoms with Gasteiger partial charge in [0.15, 0.2) is 5.82 Å². The number of rotatable bonds is 4. The second-order valence-corrected chi connectivity index (χ2v) is 14.3. The van der Waals surface area contributed by atoms with Crippen molar-refractivity contribution < 1.29 is 0 Å². The predicted octanol–water partition coefficient (Wildman–Crippen LogP) is 12.6. The Hall–Kier alpha value is -7.23. The van der Waals surface area contributed by atoms with Gasteiger partial charge in [-0.15, -0.1) is 0 Å². The van der Waals surface area contributed by atoms with Gasteiger partial charge in [0, 0.05) is 29.1 Å². The Labute approximate surface area is 320 Å². The highest BCUT2D eigenvalue weighted by Gasteiger charge is 2.49. The number of fused-ring (bicyclic) bond motifs is 12. The monoisotopic (exact) mass is 699 g/mol. The predicted molar refractivity (Wildman–Crippen MR) is 223 cm³/mol. The van der Waals surface area contributed by atoms with E-state index in [9.17, 15) is 0 Å². The molecule has 0 radical (unpaired) electrons. The summed E-state index contributed by atoms with van der Waals surface area (Å²) < 4.78 is 0. The maximum atomic E-state index is 5.31. The topological polar surface area (TPSA) is 38.7 Å². The molecule has 256 valence electrons. The molecule has 0 saturated heterocycles. The van der Waals surface area contributed by atoms with E-state index in [-0.39, 0.29) is 0 Å². The van der Waals surface area contributed by atoms with Crippen molar-refractivity contribution in [2.24, 2.45) is 0 Å². The Morgan fingerprint density at radius 2 is 0.782 bits per heavy atom. The van der Waals surface area contributed by atoms with E-state index in [2.05, 4.69) is 169 Å². The van der Waals surface area contributed by atoms with Crippen LogP contribution >= 0.6 is 0 Å². The van der Waals surface area contributed by atoms with Crippen molar-refractivity contribution in [1.82, 2.24) is 15.0 Å². The molecule has 2 aromatic heterocycles. The van der Waals surface area contributed by atoms with Crippen LogP contribution in [0.5, 0.6) is 0 Å². The number of hydrogen-bond acceptors (Lipinski definition) is 3. The molecule has 0 saturated carbocycles. The fraction of sp³-hybridized carbons (Fsp3) is 0.0192. The van der Waals surface area contributed by atoms with Gasteiger partial charge in [0.2, 0.25) is 0 Å². The number of benzene rings is 7. The molecule has 0 unspecified atom stereocenters. The second kappa shape index (κ2) is 12.4. The van der Waals surface area contributed by atoms with Crippen LogP contribution in [0.2, 0.25) is 0 Å². The van der Waals surface area contributed by atoms with Crippen LogP contribution in [0, 0.1) is 0 Å². The zero-order valence-electron chi connectivity index (χ0n) is 29.9. The molecule has 0 amide bonds. The maximum Gasteiger partial charge on any atom is 0.160 e. The lowest BCUT2D eigenvalue weighted by Gasteiger charge is -2.35. The Bertz CT molecular complexity index is 2870. The number of hydrogen-bond donors (Lipinski definition) is 0. The first kappa shape index (κ1) is 31.3. The number of pyridine rings is 1. The summed E-state index contributed by atoms with van der Waals surface area (Å²) in [6.45, 7) is 0. The summed E-state index contributed by atoms with van der Waals surface area (Å²) in [7, 11) is 0. The highest BCUT2D eigenvalue weighted by Crippen LogP contribution is 2.61. The minimum absolute atomic E-state index is 0.561. The molecule has 0 aliphatic heterocycles. The Kier molecular flexibility index (Phi) is 7.08. The standard InChI is InChI=1S/C52H33N3/c1-2-13-36(14-3-1)51-54-49(35-26-24-34(25-27-35)38-15-12-30-53-33-38)32-50(55-51)37-28-29-44-40-17-5-4-16-39(40)41-18-6-9-21-45(41)52(48(44)31-37)46-22-10-7-19-42(46)43-20-8-11-23-47(43)52/h1-33H. The van der Waals surface area contributed by atoms with Crippen LogP contribution in [0.3, 0.4) is 0 Å². The van der Waals surface area contributed by atoms with Crippen molar-refractivity contribution in [2.45, 2.75) is 5.41 Å². The van der Waals surface area contributed by atoms with Crippen molar-refractivity contribution in [3.05, 3.63) is 223 Å². The molecule has 2 heterocycles. The Morgan fingerprint density at radius 1 is 0.309 bits per heavy atom. The summed E-state index contributed by atoms with van der Waals surface area (Å²) in [4.78, 5) is 14.8. The molecule has 0 atom stereocenters. The molecule has 0 bridgehead atoms. The first-order chi connectivity index (χ1) is 27.3. The van der Waals surface area contributed by atoms with Crippen LogP contribution in [0.1, 0.15) is 22.3 Å². The van der Waals surface area contributed by atoms with Gasteiger partial charge in [-0.2, -0.15) is 0 Å². The van der Waals surface area contributed by atoms with Crippen molar-refractivity contribution in [3.63, 3.8) is 0 Å². The van der Waals surface area contributed by atoms with Gasteiger partial charge in [0.25, 0.3) is 0 Å². The fourth-order valence-electron chi connectivity index (χ4n) is 9.03. The van der Waals surface area contributed by atoms with E-state index in [1.165, 1.54) is 55.6 Å². The third-order valence-electron chi connectivity index (χ3n) is 11.4. The molecular weight excluding hydrogens is 667 g/mol. The van der Waals surface area contributed by atoms with Crippen LogP contribution in [-0.2, 0) is 5.41 Å². The van der Waals surface area contributed by atoms with E-state index in [0.717, 1.165) is 39.2 Å². The lowest BCUT2D eigenvalue weighted by Crippen LogP contribution is -2.29. The summed E-state index contributed by atoms with van der Waals surface area (Å²) in [5.74, 6) is 0.696. The highest BCUT2D eigenvalue weighted by atomic mass is 14.9. The molecule has 3 nitrogen and oxygen atoms in total. The van der Waals surface area contributed by atoms with E-state index in [1.54, 1.807) is 6.20 Å². The molecule has 11 rings (SSSR count). The van der Waals surface area contributed by atoms with Crippen LogP contribution in [0.25, 0.3) is 78.4 Å². The second-order valence-electron chi connectivity index (χ2n) is 14.3. The molecule has 7 aromatic carbocycles. The Morgan fingerprint density at radius 3 is 1.38 bits per heavy atom. The van der Waals surface area contributed by atoms with E-state index < -0.39 is 5.41 Å². The summed E-state index contributed by atoms with van der Waals surface area (Å²) in [6, 6.07) is 67.9. The fourth-order valence-corrected chi connectivity index (χ4v) is 9.03. The smallest absolute Gasteiger partial charge is 0.160 e. The average molecular weight is 700 g/mol. The molecule has 55 heavy (non-hydrogen) atoms. The van der Waals surface area contributed by atoms with Gasteiger partial charge in [-0.25, -0.2) is 9.97 Å². The molecule has 0 N–H and O–H groups in total. The molecule has 2 aliphatic rings. The molecule has 1 spiro atoms. The zero-order valence-corrected chi connectivity index (χ0v) is 29.9. The van der Waals surface area contributed by atoms with Crippen molar-refractivity contribution in [2.75, 3.05) is 0 Å². The summed E-state index contributed by atoms with van der Waals surface area (Å²) in [5, 5.41) is 0. The first-order valence-electron chi connectivity index (χ1n) is 18.8. The quantitative estimate of drug-likeness (QED) is 0.184. The number of aromatic nitrogens is 3. The van der Waals surface area contributed by atoms with Gasteiger partial charge in [-0.1, -0.05) is 170 Å². The normalized spacial score (nSPS) is 12.9. The third kappa shape index (κ3) is 4.80. The van der Waals surface area contributed by atoms with Crippen LogP contribution < -0.4 is 0 Å². The molecule has 0 fully saturated rings. The van der Waals surface area contributed by atoms with Gasteiger partial charge in [0.05, 0.1) is 16.8 Å². The lowest BCUT2D eigenvalue weighted by molar-refractivity contribution is 0.775. The van der Waals surface area contributed by atoms with Crippen molar-refractivity contribution in [3.8, 4) is 78.4 Å². The summed E-state index contributed by atoms with van der Waals surface area (Å²) in [5.41, 5.74) is 19.1. The number of nitrogens with zero attached hydrogens (tertiary/aromatic N) is 3. The van der Waals surface area contributed by atoms with Crippen molar-refractivity contribution >= 4 is 0 Å². The van der Waals surface area contributed by atoms with E-state index in [1.807, 2.05) is 30.5 Å². The van der Waals surface area contributed by atoms with Crippen molar-refractivity contribution in [1.29, 1.82) is 0 Å². The minimum Gasteiger partial charge on any atom is -0.264 e. The van der Waals surface area contributed by atoms with E-state index in [4.69, 9.17) is 9.97 Å². The van der Waals surface area contributed by atoms with Gasteiger partial charge in [-0.05, 0) is 85.0 Å². The summed E-state index contributed by atoms with van der Waals surface area (Å²) in [6.07, 6.45) is 3.70. The third-order valence-corrected chi connectivity index (χ3v) is 11.4. The minimum atomic E-state index is -0.561. The van der Waals surface area contributed by atoms with Crippen LogP contribution in [-0.4, -0.2) is 15.0 Å². The molecule has 2 aliphatic carbocycles. The largest absolute Gasteiger partial charge is 0.264 e. The van der Waals surface area contributed by atoms with Gasteiger partial charge >= 0.3 is 0 Å².